The van der Waals surface area contributed by atoms with E-state index in [1.165, 1.54) is 42.7 Å². The van der Waals surface area contributed by atoms with E-state index in [1.54, 1.807) is 0 Å². The van der Waals surface area contributed by atoms with Crippen molar-refractivity contribution in [1.29, 1.82) is 5.26 Å². The van der Waals surface area contributed by atoms with Crippen LogP contribution in [0.2, 0.25) is 17.3 Å². The van der Waals surface area contributed by atoms with E-state index in [1.807, 2.05) is 12.1 Å². The molecular formula is C27H24GeN3+. The van der Waals surface area contributed by atoms with Crippen LogP contribution in [0.3, 0.4) is 0 Å². The molecule has 0 aliphatic carbocycles. The van der Waals surface area contributed by atoms with Crippen molar-refractivity contribution in [3.05, 3.63) is 65.9 Å². The molecule has 0 atom stereocenters. The van der Waals surface area contributed by atoms with Gasteiger partial charge in [0.1, 0.15) is 0 Å². The summed E-state index contributed by atoms with van der Waals surface area (Å²) >= 11 is -2.08. The molecule has 0 aliphatic heterocycles. The van der Waals surface area contributed by atoms with Gasteiger partial charge in [-0.1, -0.05) is 0 Å². The van der Waals surface area contributed by atoms with Crippen molar-refractivity contribution in [2.75, 3.05) is 0 Å². The standard InChI is InChI=1S/C27H24GeN3/c1-16-9-10-20-24-18(15-29)7-6-8-21(24)31-22-14-19(28(2,3)4)13-17-11-12-30(5)27(25(17)22)23(16)26(20)31/h6-14H,1-5H3/q+1. The topological polar surface area (TPSA) is 32.1 Å². The van der Waals surface area contributed by atoms with E-state index in [2.05, 4.69) is 88.9 Å². The summed E-state index contributed by atoms with van der Waals surface area (Å²) in [5.41, 5.74) is 6.89. The predicted octanol–water partition coefficient (Wildman–Crippen LogP) is 5.54. The van der Waals surface area contributed by atoms with Crippen LogP contribution in [-0.4, -0.2) is 17.7 Å². The zero-order chi connectivity index (χ0) is 21.7. The molecule has 6 aromatic rings. The van der Waals surface area contributed by atoms with Crippen molar-refractivity contribution in [1.82, 2.24) is 4.40 Å². The number of rotatable bonds is 1. The summed E-state index contributed by atoms with van der Waals surface area (Å²) < 4.78 is 6.20. The third kappa shape index (κ3) is 2.31. The molecule has 31 heavy (non-hydrogen) atoms. The average Bonchev–Trinajstić information content (AvgIpc) is 3.08. The van der Waals surface area contributed by atoms with E-state index in [9.17, 15) is 5.26 Å². The number of hydrogen-bond donors (Lipinski definition) is 0. The third-order valence-electron chi connectivity index (χ3n) is 6.84. The Morgan fingerprint density at radius 2 is 1.74 bits per heavy atom. The third-order valence-corrected chi connectivity index (χ3v) is 11.1. The van der Waals surface area contributed by atoms with Crippen molar-refractivity contribution >= 4 is 66.7 Å². The van der Waals surface area contributed by atoms with Crippen molar-refractivity contribution in [3.63, 3.8) is 0 Å². The maximum atomic E-state index is 9.88. The molecule has 0 bridgehead atoms. The molecule has 3 heterocycles. The molecule has 3 nitrogen and oxygen atoms in total. The van der Waals surface area contributed by atoms with Gasteiger partial charge in [-0.3, -0.25) is 0 Å². The second-order valence-electron chi connectivity index (χ2n) is 9.79. The zero-order valence-corrected chi connectivity index (χ0v) is 20.6. The molecule has 0 spiro atoms. The van der Waals surface area contributed by atoms with Gasteiger partial charge in [0.2, 0.25) is 0 Å². The molecule has 150 valence electrons. The zero-order valence-electron chi connectivity index (χ0n) is 18.5. The molecule has 0 fully saturated rings. The number of aromatic nitrogens is 2. The van der Waals surface area contributed by atoms with E-state index in [0.29, 0.717) is 0 Å². The molecule has 0 unspecified atom stereocenters. The van der Waals surface area contributed by atoms with Crippen LogP contribution in [0.25, 0.3) is 49.0 Å². The van der Waals surface area contributed by atoms with Crippen LogP contribution in [0, 0.1) is 18.3 Å². The summed E-state index contributed by atoms with van der Waals surface area (Å²) in [5, 5.41) is 16.0. The quantitative estimate of drug-likeness (QED) is 0.137. The van der Waals surface area contributed by atoms with Gasteiger partial charge >= 0.3 is 184 Å². The predicted molar refractivity (Wildman–Crippen MR) is 132 cm³/mol. The van der Waals surface area contributed by atoms with Gasteiger partial charge in [-0.15, -0.1) is 0 Å². The fourth-order valence-electron chi connectivity index (χ4n) is 5.29. The number of hydrogen-bond acceptors (Lipinski definition) is 1. The molecule has 0 saturated carbocycles. The second-order valence-corrected chi connectivity index (χ2v) is 20.4. The van der Waals surface area contributed by atoms with Gasteiger partial charge in [0.05, 0.1) is 0 Å². The van der Waals surface area contributed by atoms with Gasteiger partial charge in [0, 0.05) is 0 Å². The molecule has 3 aromatic carbocycles. The molecule has 0 saturated heterocycles. The number of fused-ring (bicyclic) bond motifs is 5. The van der Waals surface area contributed by atoms with Crippen molar-refractivity contribution in [2.45, 2.75) is 24.2 Å². The molecule has 4 heteroatoms. The Balaban J connectivity index is 2.08. The van der Waals surface area contributed by atoms with Crippen LogP contribution in [0.4, 0.5) is 0 Å². The summed E-state index contributed by atoms with van der Waals surface area (Å²) in [6.07, 6.45) is 2.19. The number of aryl methyl sites for hydroxylation is 2. The fourth-order valence-corrected chi connectivity index (χ4v) is 7.72. The monoisotopic (exact) mass is 464 g/mol. The SMILES string of the molecule is Cc1ccc2c3c(C#N)cccc3n3c4c[c]([Ge]([CH3])([CH3])[CH3])cc5cc[n+](C)c(c1c23)c54. The molecule has 0 amide bonds. The Bertz CT molecular complexity index is 1740. The molecule has 0 aliphatic rings. The van der Waals surface area contributed by atoms with Crippen LogP contribution in [0.5, 0.6) is 0 Å². The van der Waals surface area contributed by atoms with Crippen molar-refractivity contribution < 1.29 is 4.57 Å². The first kappa shape index (κ1) is 18.7. The Morgan fingerprint density at radius 3 is 2.48 bits per heavy atom. The number of benzene rings is 3. The van der Waals surface area contributed by atoms with Gasteiger partial charge in [0.15, 0.2) is 0 Å². The summed E-state index contributed by atoms with van der Waals surface area (Å²) in [7, 11) is 2.14. The molecule has 6 rings (SSSR count). The summed E-state index contributed by atoms with van der Waals surface area (Å²) in [5.74, 6) is 7.36. The van der Waals surface area contributed by atoms with Gasteiger partial charge in [-0.05, 0) is 0 Å². The van der Waals surface area contributed by atoms with Crippen LogP contribution < -0.4 is 8.96 Å². The van der Waals surface area contributed by atoms with Gasteiger partial charge < -0.3 is 0 Å². The molecule has 3 aromatic heterocycles. The minimum absolute atomic E-state index is 0.743. The Morgan fingerprint density at radius 1 is 0.935 bits per heavy atom. The Kier molecular flexibility index (Phi) is 3.60. The summed E-state index contributed by atoms with van der Waals surface area (Å²) in [4.78, 5) is 0. The number of nitriles is 1. The van der Waals surface area contributed by atoms with E-state index >= 15 is 0 Å². The van der Waals surface area contributed by atoms with E-state index in [-0.39, 0.29) is 0 Å². The fraction of sp³-hybridized carbons (Fsp3) is 0.185. The number of pyridine rings is 2. The number of nitrogens with zero attached hydrogens (tertiary/aromatic N) is 3. The molecular weight excluding hydrogens is 439 g/mol. The van der Waals surface area contributed by atoms with Crippen LogP contribution >= 0.6 is 0 Å². The normalized spacial score (nSPS) is 12.6. The summed E-state index contributed by atoms with van der Waals surface area (Å²) in [6.45, 7) is 2.20. The van der Waals surface area contributed by atoms with E-state index < -0.39 is 13.3 Å². The average molecular weight is 463 g/mol. The van der Waals surface area contributed by atoms with Crippen molar-refractivity contribution in [2.24, 2.45) is 7.05 Å². The first-order valence-electron chi connectivity index (χ1n) is 10.8. The second kappa shape index (κ2) is 5.99. The first-order valence-corrected chi connectivity index (χ1v) is 18.1. The first-order chi connectivity index (χ1) is 14.8. The van der Waals surface area contributed by atoms with Gasteiger partial charge in [-0.25, -0.2) is 0 Å². The van der Waals surface area contributed by atoms with E-state index in [4.69, 9.17) is 0 Å². The van der Waals surface area contributed by atoms with Crippen LogP contribution in [0.1, 0.15) is 11.1 Å². The van der Waals surface area contributed by atoms with Crippen LogP contribution in [0.15, 0.2) is 54.7 Å². The van der Waals surface area contributed by atoms with Gasteiger partial charge in [-0.2, -0.15) is 0 Å². The van der Waals surface area contributed by atoms with E-state index in [0.717, 1.165) is 21.9 Å². The Hall–Kier alpha value is -3.10. The summed E-state index contributed by atoms with van der Waals surface area (Å²) in [6, 6.07) is 20.1. The molecule has 0 N–H and O–H groups in total. The van der Waals surface area contributed by atoms with Gasteiger partial charge in [0.25, 0.3) is 0 Å². The Labute approximate surface area is 183 Å². The van der Waals surface area contributed by atoms with Crippen LogP contribution in [-0.2, 0) is 7.05 Å². The van der Waals surface area contributed by atoms with Crippen molar-refractivity contribution in [3.8, 4) is 6.07 Å². The molecule has 0 radical (unpaired) electrons. The maximum absolute atomic E-state index is 9.88. The minimum atomic E-state index is -2.08.